The number of aryl methyl sites for hydroxylation is 3. The molecule has 1 aromatic heterocycles. The highest BCUT2D eigenvalue weighted by atomic mass is 79.9. The molecule has 0 radical (unpaired) electrons. The van der Waals surface area contributed by atoms with Crippen LogP contribution in [0.4, 0.5) is 0 Å². The van der Waals surface area contributed by atoms with E-state index in [1.807, 2.05) is 31.2 Å². The van der Waals surface area contributed by atoms with Gasteiger partial charge in [-0.05, 0) is 57.1 Å². The third kappa shape index (κ3) is 5.52. The number of aromatic nitrogens is 2. The number of halogens is 1. The van der Waals surface area contributed by atoms with Gasteiger partial charge in [0.05, 0.1) is 5.69 Å². The standard InChI is InChI=1S/C16H22BrN3O/c1-13-12-14(2)20(19-13)10-3-8-18-9-11-21-16-6-4-15(17)5-7-16/h4-7,12,18H,3,8-11H2,1-2H3. The molecular weight excluding hydrogens is 330 g/mol. The van der Waals surface area contributed by atoms with E-state index >= 15 is 0 Å². The van der Waals surface area contributed by atoms with Crippen LogP contribution in [0.1, 0.15) is 17.8 Å². The van der Waals surface area contributed by atoms with E-state index < -0.39 is 0 Å². The monoisotopic (exact) mass is 351 g/mol. The molecule has 5 heteroatoms. The van der Waals surface area contributed by atoms with Crippen LogP contribution >= 0.6 is 15.9 Å². The molecule has 0 amide bonds. The van der Waals surface area contributed by atoms with Crippen LogP contribution in [0, 0.1) is 13.8 Å². The summed E-state index contributed by atoms with van der Waals surface area (Å²) in [5, 5.41) is 7.84. The van der Waals surface area contributed by atoms with Crippen molar-refractivity contribution in [2.75, 3.05) is 19.7 Å². The SMILES string of the molecule is Cc1cc(C)n(CCCNCCOc2ccc(Br)cc2)n1. The van der Waals surface area contributed by atoms with E-state index in [0.717, 1.165) is 42.0 Å². The third-order valence-electron chi connectivity index (χ3n) is 3.19. The molecule has 0 unspecified atom stereocenters. The van der Waals surface area contributed by atoms with Crippen LogP contribution in [0.15, 0.2) is 34.8 Å². The van der Waals surface area contributed by atoms with Gasteiger partial charge in [-0.25, -0.2) is 0 Å². The molecule has 2 rings (SSSR count). The molecule has 1 N–H and O–H groups in total. The molecule has 4 nitrogen and oxygen atoms in total. The van der Waals surface area contributed by atoms with Gasteiger partial charge in [0.15, 0.2) is 0 Å². The molecular formula is C16H22BrN3O. The summed E-state index contributed by atoms with van der Waals surface area (Å²) in [6, 6.07) is 10.0. The van der Waals surface area contributed by atoms with Gasteiger partial charge in [-0.15, -0.1) is 0 Å². The molecule has 1 heterocycles. The van der Waals surface area contributed by atoms with Gasteiger partial charge in [0.25, 0.3) is 0 Å². The fraction of sp³-hybridized carbons (Fsp3) is 0.438. The van der Waals surface area contributed by atoms with Crippen LogP contribution in [0.5, 0.6) is 5.75 Å². The molecule has 2 aromatic rings. The average Bonchev–Trinajstić information content (AvgIpc) is 2.78. The Hall–Kier alpha value is -1.33. The van der Waals surface area contributed by atoms with Crippen molar-refractivity contribution in [3.63, 3.8) is 0 Å². The fourth-order valence-corrected chi connectivity index (χ4v) is 2.42. The lowest BCUT2D eigenvalue weighted by Crippen LogP contribution is -2.23. The third-order valence-corrected chi connectivity index (χ3v) is 3.72. The van der Waals surface area contributed by atoms with Gasteiger partial charge in [0.2, 0.25) is 0 Å². The number of ether oxygens (including phenoxy) is 1. The number of hydrogen-bond donors (Lipinski definition) is 1. The second-order valence-electron chi connectivity index (χ2n) is 5.06. The van der Waals surface area contributed by atoms with Gasteiger partial charge < -0.3 is 10.1 Å². The zero-order valence-corrected chi connectivity index (χ0v) is 14.2. The molecule has 21 heavy (non-hydrogen) atoms. The molecule has 114 valence electrons. The second-order valence-corrected chi connectivity index (χ2v) is 5.97. The first-order valence-electron chi connectivity index (χ1n) is 7.25. The molecule has 0 atom stereocenters. The molecule has 1 aromatic carbocycles. The van der Waals surface area contributed by atoms with Crippen molar-refractivity contribution in [1.29, 1.82) is 0 Å². The average molecular weight is 352 g/mol. The maximum Gasteiger partial charge on any atom is 0.119 e. The Balaban J connectivity index is 1.54. The van der Waals surface area contributed by atoms with E-state index in [0.29, 0.717) is 6.61 Å². The maximum absolute atomic E-state index is 5.65. The van der Waals surface area contributed by atoms with Gasteiger partial charge >= 0.3 is 0 Å². The highest BCUT2D eigenvalue weighted by Crippen LogP contribution is 2.15. The van der Waals surface area contributed by atoms with E-state index in [1.165, 1.54) is 5.69 Å². The van der Waals surface area contributed by atoms with Crippen LogP contribution < -0.4 is 10.1 Å². The summed E-state index contributed by atoms with van der Waals surface area (Å²) >= 11 is 3.41. The van der Waals surface area contributed by atoms with Gasteiger partial charge in [0.1, 0.15) is 12.4 Å². The number of nitrogens with one attached hydrogen (secondary N) is 1. The van der Waals surface area contributed by atoms with Crippen molar-refractivity contribution < 1.29 is 4.74 Å². The number of rotatable bonds is 8. The summed E-state index contributed by atoms with van der Waals surface area (Å²) in [6.07, 6.45) is 1.07. The Morgan fingerprint density at radius 1 is 1.19 bits per heavy atom. The second kappa shape index (κ2) is 8.20. The lowest BCUT2D eigenvalue weighted by atomic mass is 10.3. The van der Waals surface area contributed by atoms with E-state index in [-0.39, 0.29) is 0 Å². The fourth-order valence-electron chi connectivity index (χ4n) is 2.15. The molecule has 0 aliphatic carbocycles. The molecule has 0 fully saturated rings. The summed E-state index contributed by atoms with van der Waals surface area (Å²) in [4.78, 5) is 0. The van der Waals surface area contributed by atoms with Crippen molar-refractivity contribution in [1.82, 2.24) is 15.1 Å². The minimum Gasteiger partial charge on any atom is -0.492 e. The van der Waals surface area contributed by atoms with Gasteiger partial charge in [-0.1, -0.05) is 15.9 Å². The molecule has 0 bridgehead atoms. The highest BCUT2D eigenvalue weighted by molar-refractivity contribution is 9.10. The predicted octanol–water partition coefficient (Wildman–Crippen LogP) is 3.32. The lowest BCUT2D eigenvalue weighted by Gasteiger charge is -2.08. The van der Waals surface area contributed by atoms with E-state index in [2.05, 4.69) is 44.0 Å². The van der Waals surface area contributed by atoms with Crippen molar-refractivity contribution in [2.24, 2.45) is 0 Å². The molecule has 0 saturated carbocycles. The molecule has 0 aliphatic heterocycles. The van der Waals surface area contributed by atoms with Crippen LogP contribution in [-0.2, 0) is 6.54 Å². The molecule has 0 spiro atoms. The largest absolute Gasteiger partial charge is 0.492 e. The Morgan fingerprint density at radius 3 is 2.62 bits per heavy atom. The summed E-state index contributed by atoms with van der Waals surface area (Å²) in [6.45, 7) is 7.59. The van der Waals surface area contributed by atoms with Gasteiger partial charge in [-0.2, -0.15) is 5.10 Å². The van der Waals surface area contributed by atoms with E-state index in [4.69, 9.17) is 4.74 Å². The first-order valence-corrected chi connectivity index (χ1v) is 8.04. The Bertz CT molecular complexity index is 551. The van der Waals surface area contributed by atoms with Crippen LogP contribution in [-0.4, -0.2) is 29.5 Å². The zero-order chi connectivity index (χ0) is 15.1. The Kier molecular flexibility index (Phi) is 6.26. The van der Waals surface area contributed by atoms with Crippen molar-refractivity contribution in [3.8, 4) is 5.75 Å². The number of nitrogens with zero attached hydrogens (tertiary/aromatic N) is 2. The minimum absolute atomic E-state index is 0.682. The van der Waals surface area contributed by atoms with Crippen molar-refractivity contribution in [2.45, 2.75) is 26.8 Å². The van der Waals surface area contributed by atoms with Crippen LogP contribution in [0.25, 0.3) is 0 Å². The molecule has 0 saturated heterocycles. The smallest absolute Gasteiger partial charge is 0.119 e. The van der Waals surface area contributed by atoms with Crippen molar-refractivity contribution >= 4 is 15.9 Å². The first-order chi connectivity index (χ1) is 10.1. The normalized spacial score (nSPS) is 10.8. The summed E-state index contributed by atoms with van der Waals surface area (Å²) in [5.74, 6) is 0.905. The Morgan fingerprint density at radius 2 is 1.95 bits per heavy atom. The number of benzene rings is 1. The molecule has 0 aliphatic rings. The minimum atomic E-state index is 0.682. The first kappa shape index (κ1) is 16.0. The van der Waals surface area contributed by atoms with Crippen LogP contribution in [0.2, 0.25) is 0 Å². The van der Waals surface area contributed by atoms with Gasteiger partial charge in [0, 0.05) is 23.3 Å². The Labute approximate surface area is 134 Å². The van der Waals surface area contributed by atoms with Crippen LogP contribution in [0.3, 0.4) is 0 Å². The maximum atomic E-state index is 5.65. The van der Waals surface area contributed by atoms with Gasteiger partial charge in [-0.3, -0.25) is 4.68 Å². The zero-order valence-electron chi connectivity index (χ0n) is 12.6. The van der Waals surface area contributed by atoms with E-state index in [1.54, 1.807) is 0 Å². The summed E-state index contributed by atoms with van der Waals surface area (Å²) in [7, 11) is 0. The summed E-state index contributed by atoms with van der Waals surface area (Å²) in [5.41, 5.74) is 2.31. The topological polar surface area (TPSA) is 39.1 Å². The number of hydrogen-bond acceptors (Lipinski definition) is 3. The van der Waals surface area contributed by atoms with E-state index in [9.17, 15) is 0 Å². The predicted molar refractivity (Wildman–Crippen MR) is 88.8 cm³/mol. The summed E-state index contributed by atoms with van der Waals surface area (Å²) < 4.78 is 8.78. The lowest BCUT2D eigenvalue weighted by molar-refractivity contribution is 0.313. The van der Waals surface area contributed by atoms with Crippen molar-refractivity contribution in [3.05, 3.63) is 46.2 Å². The quantitative estimate of drug-likeness (QED) is 0.741. The highest BCUT2D eigenvalue weighted by Gasteiger charge is 1.99.